The van der Waals surface area contributed by atoms with E-state index < -0.39 is 0 Å². The molecule has 1 unspecified atom stereocenters. The molecule has 2 aromatic carbocycles. The lowest BCUT2D eigenvalue weighted by Gasteiger charge is -2.23. The summed E-state index contributed by atoms with van der Waals surface area (Å²) in [5.41, 5.74) is 10.2. The Morgan fingerprint density at radius 3 is 2.61 bits per heavy atom. The third-order valence-electron chi connectivity index (χ3n) is 4.77. The number of carbonyl (C=O) groups excluding carboxylic acids is 1. The van der Waals surface area contributed by atoms with Crippen LogP contribution in [0.25, 0.3) is 10.9 Å². The Morgan fingerprint density at radius 2 is 1.89 bits per heavy atom. The predicted octanol–water partition coefficient (Wildman–Crippen LogP) is 4.27. The lowest BCUT2D eigenvalue weighted by Crippen LogP contribution is -2.42. The third kappa shape index (κ3) is 4.42. The van der Waals surface area contributed by atoms with E-state index in [-0.39, 0.29) is 17.9 Å². The fraction of sp³-hybridized carbons (Fsp3) is 0.304. The number of amides is 1. The van der Waals surface area contributed by atoms with Crippen LogP contribution in [0.3, 0.4) is 0 Å². The van der Waals surface area contributed by atoms with Gasteiger partial charge < -0.3 is 15.8 Å². The van der Waals surface area contributed by atoms with Gasteiger partial charge in [0.05, 0.1) is 16.9 Å². The first-order chi connectivity index (χ1) is 13.3. The SMILES string of the molecule is Cc1cccc(C(=O)NC(COc2cccc3nc(C)cc(N)c23)C(C)C)c1. The molecule has 146 valence electrons. The van der Waals surface area contributed by atoms with Crippen molar-refractivity contribution in [2.45, 2.75) is 33.7 Å². The van der Waals surface area contributed by atoms with Gasteiger partial charge in [0.25, 0.3) is 5.91 Å². The molecule has 0 bridgehead atoms. The van der Waals surface area contributed by atoms with Crippen molar-refractivity contribution in [1.29, 1.82) is 0 Å². The zero-order valence-electron chi connectivity index (χ0n) is 16.8. The maximum atomic E-state index is 12.6. The summed E-state index contributed by atoms with van der Waals surface area (Å²) in [4.78, 5) is 17.2. The molecular formula is C23H27N3O2. The highest BCUT2D eigenvalue weighted by Crippen LogP contribution is 2.30. The molecule has 0 fully saturated rings. The van der Waals surface area contributed by atoms with Gasteiger partial charge in [0, 0.05) is 16.9 Å². The summed E-state index contributed by atoms with van der Waals surface area (Å²) in [5, 5.41) is 3.90. The molecule has 1 atom stereocenters. The number of nitrogens with zero attached hydrogens (tertiary/aromatic N) is 1. The van der Waals surface area contributed by atoms with Crippen molar-refractivity contribution >= 4 is 22.5 Å². The zero-order valence-corrected chi connectivity index (χ0v) is 16.8. The van der Waals surface area contributed by atoms with E-state index in [9.17, 15) is 4.79 Å². The zero-order chi connectivity index (χ0) is 20.3. The maximum Gasteiger partial charge on any atom is 0.251 e. The monoisotopic (exact) mass is 377 g/mol. The minimum absolute atomic E-state index is 0.0966. The summed E-state index contributed by atoms with van der Waals surface area (Å²) in [6.07, 6.45) is 0. The Bertz CT molecular complexity index is 998. The lowest BCUT2D eigenvalue weighted by molar-refractivity contribution is 0.0904. The average Bonchev–Trinajstić information content (AvgIpc) is 2.64. The molecule has 28 heavy (non-hydrogen) atoms. The molecule has 0 aliphatic heterocycles. The van der Waals surface area contributed by atoms with Gasteiger partial charge in [-0.25, -0.2) is 0 Å². The minimum atomic E-state index is -0.136. The van der Waals surface area contributed by atoms with Crippen LogP contribution in [0.1, 0.15) is 35.5 Å². The van der Waals surface area contributed by atoms with Crippen LogP contribution in [0.4, 0.5) is 5.69 Å². The number of rotatable bonds is 6. The largest absolute Gasteiger partial charge is 0.491 e. The van der Waals surface area contributed by atoms with E-state index in [0.29, 0.717) is 23.6 Å². The van der Waals surface area contributed by atoms with Crippen LogP contribution in [0.15, 0.2) is 48.5 Å². The second-order valence-electron chi connectivity index (χ2n) is 7.51. The molecule has 3 aromatic rings. The predicted molar refractivity (Wildman–Crippen MR) is 114 cm³/mol. The van der Waals surface area contributed by atoms with E-state index in [4.69, 9.17) is 10.5 Å². The number of nitrogens with one attached hydrogen (secondary N) is 1. The quantitative estimate of drug-likeness (QED) is 0.673. The topological polar surface area (TPSA) is 77.2 Å². The molecule has 1 amide bonds. The van der Waals surface area contributed by atoms with Gasteiger partial charge in [-0.2, -0.15) is 0 Å². The smallest absolute Gasteiger partial charge is 0.251 e. The molecule has 0 aliphatic rings. The number of aryl methyl sites for hydroxylation is 2. The van der Waals surface area contributed by atoms with Gasteiger partial charge in [0.1, 0.15) is 12.4 Å². The molecule has 5 heteroatoms. The van der Waals surface area contributed by atoms with E-state index >= 15 is 0 Å². The Balaban J connectivity index is 1.77. The number of nitrogen functional groups attached to an aromatic ring is 1. The summed E-state index contributed by atoms with van der Waals surface area (Å²) in [6, 6.07) is 15.0. The van der Waals surface area contributed by atoms with Crippen molar-refractivity contribution in [3.05, 3.63) is 65.4 Å². The van der Waals surface area contributed by atoms with Crippen molar-refractivity contribution in [3.63, 3.8) is 0 Å². The van der Waals surface area contributed by atoms with E-state index in [2.05, 4.69) is 24.1 Å². The summed E-state index contributed by atoms with van der Waals surface area (Å²) >= 11 is 0. The van der Waals surface area contributed by atoms with Gasteiger partial charge in [-0.3, -0.25) is 9.78 Å². The molecule has 3 rings (SSSR count). The number of anilines is 1. The van der Waals surface area contributed by atoms with E-state index in [1.54, 1.807) is 0 Å². The Labute approximate surface area is 165 Å². The van der Waals surface area contributed by atoms with Crippen LogP contribution in [0.5, 0.6) is 5.75 Å². The number of pyridine rings is 1. The number of hydrogen-bond acceptors (Lipinski definition) is 4. The van der Waals surface area contributed by atoms with Gasteiger partial charge in [0.2, 0.25) is 0 Å². The van der Waals surface area contributed by atoms with Crippen molar-refractivity contribution in [3.8, 4) is 5.75 Å². The molecular weight excluding hydrogens is 350 g/mol. The van der Waals surface area contributed by atoms with Gasteiger partial charge in [-0.05, 0) is 50.1 Å². The van der Waals surface area contributed by atoms with Gasteiger partial charge in [0.15, 0.2) is 0 Å². The van der Waals surface area contributed by atoms with Crippen molar-refractivity contribution in [1.82, 2.24) is 10.3 Å². The number of benzene rings is 2. The summed E-state index contributed by atoms with van der Waals surface area (Å²) in [7, 11) is 0. The fourth-order valence-corrected chi connectivity index (χ4v) is 3.16. The first-order valence-corrected chi connectivity index (χ1v) is 9.51. The molecule has 0 saturated heterocycles. The lowest BCUT2D eigenvalue weighted by atomic mass is 10.0. The molecule has 0 radical (unpaired) electrons. The molecule has 0 saturated carbocycles. The number of hydrogen-bond donors (Lipinski definition) is 2. The van der Waals surface area contributed by atoms with Crippen molar-refractivity contribution in [2.75, 3.05) is 12.3 Å². The maximum absolute atomic E-state index is 12.6. The Morgan fingerprint density at radius 1 is 1.14 bits per heavy atom. The van der Waals surface area contributed by atoms with Crippen LogP contribution in [-0.2, 0) is 0 Å². The minimum Gasteiger partial charge on any atom is -0.491 e. The Kier molecular flexibility index (Phi) is 5.83. The number of carbonyl (C=O) groups is 1. The normalized spacial score (nSPS) is 12.2. The van der Waals surface area contributed by atoms with Crippen LogP contribution >= 0.6 is 0 Å². The molecule has 1 heterocycles. The second kappa shape index (κ2) is 8.30. The highest BCUT2D eigenvalue weighted by molar-refractivity contribution is 5.96. The summed E-state index contributed by atoms with van der Waals surface area (Å²) < 4.78 is 6.09. The second-order valence-corrected chi connectivity index (χ2v) is 7.51. The summed E-state index contributed by atoms with van der Waals surface area (Å²) in [5.74, 6) is 0.792. The highest BCUT2D eigenvalue weighted by Gasteiger charge is 2.19. The molecule has 0 aliphatic carbocycles. The van der Waals surface area contributed by atoms with Gasteiger partial charge >= 0.3 is 0 Å². The first-order valence-electron chi connectivity index (χ1n) is 9.51. The van der Waals surface area contributed by atoms with E-state index in [0.717, 1.165) is 22.2 Å². The number of fused-ring (bicyclic) bond motifs is 1. The standard InChI is InChI=1S/C23H27N3O2/c1-14(2)20(26-23(27)17-8-5-7-15(3)11-17)13-28-21-10-6-9-19-22(21)18(24)12-16(4)25-19/h5-12,14,20H,13H2,1-4H3,(H2,24,25)(H,26,27). The highest BCUT2D eigenvalue weighted by atomic mass is 16.5. The third-order valence-corrected chi connectivity index (χ3v) is 4.77. The molecule has 1 aromatic heterocycles. The van der Waals surface area contributed by atoms with Crippen LogP contribution in [-0.4, -0.2) is 23.5 Å². The molecule has 0 spiro atoms. The van der Waals surface area contributed by atoms with E-state index in [1.807, 2.05) is 62.4 Å². The van der Waals surface area contributed by atoms with Crippen molar-refractivity contribution in [2.24, 2.45) is 5.92 Å². The summed E-state index contributed by atoms with van der Waals surface area (Å²) in [6.45, 7) is 8.36. The van der Waals surface area contributed by atoms with Crippen LogP contribution < -0.4 is 15.8 Å². The van der Waals surface area contributed by atoms with Crippen LogP contribution in [0, 0.1) is 19.8 Å². The van der Waals surface area contributed by atoms with Gasteiger partial charge in [-0.1, -0.05) is 37.6 Å². The molecule has 5 nitrogen and oxygen atoms in total. The number of ether oxygens (including phenoxy) is 1. The molecule has 3 N–H and O–H groups in total. The fourth-order valence-electron chi connectivity index (χ4n) is 3.16. The Hall–Kier alpha value is -3.08. The van der Waals surface area contributed by atoms with Gasteiger partial charge in [-0.15, -0.1) is 0 Å². The van der Waals surface area contributed by atoms with Crippen LogP contribution in [0.2, 0.25) is 0 Å². The van der Waals surface area contributed by atoms with Crippen molar-refractivity contribution < 1.29 is 9.53 Å². The van der Waals surface area contributed by atoms with E-state index in [1.165, 1.54) is 0 Å². The number of aromatic nitrogens is 1. The average molecular weight is 377 g/mol. The first kappa shape index (κ1) is 19.7. The number of nitrogens with two attached hydrogens (primary N) is 1.